The fourth-order valence-corrected chi connectivity index (χ4v) is 2.59. The Kier molecular flexibility index (Phi) is 4.34. The number of halogens is 1. The molecule has 1 fully saturated rings. The molecule has 1 aromatic carbocycles. The Labute approximate surface area is 108 Å². The van der Waals surface area contributed by atoms with E-state index in [1.165, 1.54) is 25.3 Å². The Balaban J connectivity index is 1.92. The Bertz CT molecular complexity index is 425. The van der Waals surface area contributed by atoms with Crippen LogP contribution in [-0.2, 0) is 4.79 Å². The molecule has 1 amide bonds. The average molecular weight is 249 g/mol. The average Bonchev–Trinajstić information content (AvgIpc) is 2.35. The minimum absolute atomic E-state index is 0.0635. The van der Waals surface area contributed by atoms with E-state index in [-0.39, 0.29) is 11.7 Å². The normalized spacial score (nSPS) is 16.6. The summed E-state index contributed by atoms with van der Waals surface area (Å²) >= 11 is 0. The summed E-state index contributed by atoms with van der Waals surface area (Å²) in [6, 6.07) is 4.77. The van der Waals surface area contributed by atoms with Gasteiger partial charge >= 0.3 is 0 Å². The number of nitrogens with one attached hydrogen (secondary N) is 1. The van der Waals surface area contributed by atoms with E-state index in [1.54, 1.807) is 12.1 Å². The standard InChI is InChI=1S/C15H20FNO/c1-11-7-8-13(16)14(9-11)17-15(18)10-12-5-3-2-4-6-12/h7-9,12H,2-6,10H2,1H3,(H,17,18). The molecule has 0 atom stereocenters. The molecular weight excluding hydrogens is 229 g/mol. The molecule has 0 radical (unpaired) electrons. The Hall–Kier alpha value is -1.38. The van der Waals surface area contributed by atoms with Gasteiger partial charge in [0.05, 0.1) is 5.69 Å². The molecule has 1 N–H and O–H groups in total. The van der Waals surface area contributed by atoms with Crippen LogP contribution < -0.4 is 5.32 Å². The highest BCUT2D eigenvalue weighted by Gasteiger charge is 2.17. The van der Waals surface area contributed by atoms with Crippen molar-refractivity contribution in [3.63, 3.8) is 0 Å². The van der Waals surface area contributed by atoms with Gasteiger partial charge in [0.2, 0.25) is 5.91 Å². The molecule has 2 rings (SSSR count). The lowest BCUT2D eigenvalue weighted by atomic mass is 9.87. The first-order valence-electron chi connectivity index (χ1n) is 6.71. The van der Waals surface area contributed by atoms with Crippen LogP contribution in [-0.4, -0.2) is 5.91 Å². The van der Waals surface area contributed by atoms with E-state index in [2.05, 4.69) is 5.32 Å². The smallest absolute Gasteiger partial charge is 0.224 e. The monoisotopic (exact) mass is 249 g/mol. The molecule has 18 heavy (non-hydrogen) atoms. The molecule has 98 valence electrons. The van der Waals surface area contributed by atoms with Crippen molar-refractivity contribution in [2.24, 2.45) is 5.92 Å². The van der Waals surface area contributed by atoms with E-state index >= 15 is 0 Å². The molecule has 0 aromatic heterocycles. The summed E-state index contributed by atoms with van der Waals surface area (Å²) in [6.07, 6.45) is 6.50. The maximum absolute atomic E-state index is 13.5. The maximum atomic E-state index is 13.5. The van der Waals surface area contributed by atoms with Crippen LogP contribution in [0.5, 0.6) is 0 Å². The summed E-state index contributed by atoms with van der Waals surface area (Å²) in [6.45, 7) is 1.89. The third kappa shape index (κ3) is 3.56. The summed E-state index contributed by atoms with van der Waals surface area (Å²) in [5.41, 5.74) is 1.25. The summed E-state index contributed by atoms with van der Waals surface area (Å²) in [4.78, 5) is 11.9. The number of hydrogen-bond acceptors (Lipinski definition) is 1. The van der Waals surface area contributed by atoms with Gasteiger partial charge in [-0.05, 0) is 43.4 Å². The van der Waals surface area contributed by atoms with Gasteiger partial charge in [0.1, 0.15) is 5.82 Å². The van der Waals surface area contributed by atoms with Crippen LogP contribution in [0, 0.1) is 18.7 Å². The highest BCUT2D eigenvalue weighted by Crippen LogP contribution is 2.26. The van der Waals surface area contributed by atoms with E-state index in [4.69, 9.17) is 0 Å². The quantitative estimate of drug-likeness (QED) is 0.860. The van der Waals surface area contributed by atoms with Crippen LogP contribution in [0.15, 0.2) is 18.2 Å². The van der Waals surface area contributed by atoms with Crippen LogP contribution in [0.3, 0.4) is 0 Å². The number of hydrogen-bond donors (Lipinski definition) is 1. The number of carbonyl (C=O) groups excluding carboxylic acids is 1. The van der Waals surface area contributed by atoms with Crippen molar-refractivity contribution >= 4 is 11.6 Å². The summed E-state index contributed by atoms with van der Waals surface area (Å²) in [7, 11) is 0. The van der Waals surface area contributed by atoms with E-state index in [0.29, 0.717) is 18.0 Å². The van der Waals surface area contributed by atoms with Crippen molar-refractivity contribution in [2.75, 3.05) is 5.32 Å². The molecule has 1 aliphatic carbocycles. The summed E-state index contributed by atoms with van der Waals surface area (Å²) in [5.74, 6) is 0.0515. The number of benzene rings is 1. The molecule has 2 nitrogen and oxygen atoms in total. The first kappa shape index (κ1) is 13.1. The molecular formula is C15H20FNO. The lowest BCUT2D eigenvalue weighted by molar-refractivity contribution is -0.117. The first-order chi connectivity index (χ1) is 8.65. The van der Waals surface area contributed by atoms with Gasteiger partial charge in [-0.1, -0.05) is 25.3 Å². The lowest BCUT2D eigenvalue weighted by Gasteiger charge is -2.20. The van der Waals surface area contributed by atoms with Gasteiger partial charge in [0.15, 0.2) is 0 Å². The Morgan fingerprint density at radius 2 is 2.06 bits per heavy atom. The second kappa shape index (κ2) is 5.98. The van der Waals surface area contributed by atoms with Gasteiger partial charge in [-0.25, -0.2) is 4.39 Å². The van der Waals surface area contributed by atoms with E-state index < -0.39 is 0 Å². The molecule has 0 heterocycles. The highest BCUT2D eigenvalue weighted by atomic mass is 19.1. The fourth-order valence-electron chi connectivity index (χ4n) is 2.59. The third-order valence-electron chi connectivity index (χ3n) is 3.59. The lowest BCUT2D eigenvalue weighted by Crippen LogP contribution is -2.18. The molecule has 0 bridgehead atoms. The van der Waals surface area contributed by atoms with Crippen LogP contribution >= 0.6 is 0 Å². The van der Waals surface area contributed by atoms with Crippen molar-refractivity contribution in [1.29, 1.82) is 0 Å². The van der Waals surface area contributed by atoms with Gasteiger partial charge < -0.3 is 5.32 Å². The zero-order chi connectivity index (χ0) is 13.0. The van der Waals surface area contributed by atoms with E-state index in [1.807, 2.05) is 6.92 Å². The van der Waals surface area contributed by atoms with E-state index in [0.717, 1.165) is 18.4 Å². The zero-order valence-electron chi connectivity index (χ0n) is 10.8. The zero-order valence-corrected chi connectivity index (χ0v) is 10.8. The summed E-state index contributed by atoms with van der Waals surface area (Å²) in [5, 5.41) is 2.68. The van der Waals surface area contributed by atoms with Crippen LogP contribution in [0.4, 0.5) is 10.1 Å². The molecule has 3 heteroatoms. The number of aryl methyl sites for hydroxylation is 1. The first-order valence-corrected chi connectivity index (χ1v) is 6.71. The molecule has 0 saturated heterocycles. The molecule has 1 saturated carbocycles. The Morgan fingerprint density at radius 1 is 1.33 bits per heavy atom. The molecule has 0 aliphatic heterocycles. The van der Waals surface area contributed by atoms with Gasteiger partial charge in [-0.15, -0.1) is 0 Å². The number of carbonyl (C=O) groups is 1. The van der Waals surface area contributed by atoms with Crippen molar-refractivity contribution in [3.8, 4) is 0 Å². The molecule has 0 spiro atoms. The largest absolute Gasteiger partial charge is 0.324 e. The third-order valence-corrected chi connectivity index (χ3v) is 3.59. The number of anilines is 1. The predicted molar refractivity (Wildman–Crippen MR) is 71.0 cm³/mol. The van der Waals surface area contributed by atoms with Crippen molar-refractivity contribution in [1.82, 2.24) is 0 Å². The second-order valence-electron chi connectivity index (χ2n) is 5.24. The van der Waals surface area contributed by atoms with Gasteiger partial charge in [-0.2, -0.15) is 0 Å². The Morgan fingerprint density at radius 3 is 2.78 bits per heavy atom. The van der Waals surface area contributed by atoms with Crippen molar-refractivity contribution in [2.45, 2.75) is 45.4 Å². The van der Waals surface area contributed by atoms with E-state index in [9.17, 15) is 9.18 Å². The van der Waals surface area contributed by atoms with Gasteiger partial charge in [0, 0.05) is 6.42 Å². The van der Waals surface area contributed by atoms with Crippen molar-refractivity contribution in [3.05, 3.63) is 29.6 Å². The van der Waals surface area contributed by atoms with Crippen LogP contribution in [0.1, 0.15) is 44.1 Å². The molecule has 1 aromatic rings. The van der Waals surface area contributed by atoms with Gasteiger partial charge in [0.25, 0.3) is 0 Å². The van der Waals surface area contributed by atoms with Crippen LogP contribution in [0.25, 0.3) is 0 Å². The maximum Gasteiger partial charge on any atom is 0.224 e. The van der Waals surface area contributed by atoms with Crippen LogP contribution in [0.2, 0.25) is 0 Å². The highest BCUT2D eigenvalue weighted by molar-refractivity contribution is 5.91. The second-order valence-corrected chi connectivity index (χ2v) is 5.24. The predicted octanol–water partition coefficient (Wildman–Crippen LogP) is 4.04. The summed E-state index contributed by atoms with van der Waals surface area (Å²) < 4.78 is 13.5. The minimum atomic E-state index is -0.363. The fraction of sp³-hybridized carbons (Fsp3) is 0.533. The number of rotatable bonds is 3. The number of amides is 1. The molecule has 1 aliphatic rings. The van der Waals surface area contributed by atoms with Gasteiger partial charge in [-0.3, -0.25) is 4.79 Å². The van der Waals surface area contributed by atoms with Crippen molar-refractivity contribution < 1.29 is 9.18 Å². The minimum Gasteiger partial charge on any atom is -0.324 e. The topological polar surface area (TPSA) is 29.1 Å². The SMILES string of the molecule is Cc1ccc(F)c(NC(=O)CC2CCCCC2)c1. The molecule has 0 unspecified atom stereocenters.